The Morgan fingerprint density at radius 1 is 0.475 bits per heavy atom. The Labute approximate surface area is 842 Å². The normalized spacial score (nSPS) is 37.0. The van der Waals surface area contributed by atoms with E-state index in [1.54, 1.807) is 95.5 Å². The van der Waals surface area contributed by atoms with Gasteiger partial charge in [0.15, 0.2) is 24.1 Å². The summed E-state index contributed by atoms with van der Waals surface area (Å²) in [5.74, 6) is -15.9. The summed E-state index contributed by atoms with van der Waals surface area (Å²) < 4.78 is 80.9. The molecule has 2 amide bonds. The molecule has 6 fully saturated rings. The lowest BCUT2D eigenvalue weighted by atomic mass is 9.77. The number of ether oxygens (including phenoxy) is 10. The van der Waals surface area contributed by atoms with Crippen LogP contribution in [0.5, 0.6) is 0 Å². The van der Waals surface area contributed by atoms with E-state index in [0.717, 1.165) is 30.4 Å². The van der Waals surface area contributed by atoms with Crippen molar-refractivity contribution in [1.82, 2.24) is 15.1 Å². The Morgan fingerprint density at radius 2 is 0.858 bits per heavy atom. The lowest BCUT2D eigenvalue weighted by molar-refractivity contribution is -0.265. The predicted octanol–water partition coefficient (Wildman–Crippen LogP) is 14.8. The number of piperidine rings is 2. The molecule has 6 aliphatic heterocycles. The van der Waals surface area contributed by atoms with Gasteiger partial charge in [-0.3, -0.25) is 49.4 Å². The van der Waals surface area contributed by atoms with Crippen LogP contribution in [0, 0.1) is 71.0 Å². The van der Waals surface area contributed by atoms with Crippen LogP contribution in [0.2, 0.25) is 0 Å². The number of hydrogen-bond acceptors (Lipinski definition) is 29. The number of fused-ring (bicyclic) bond motifs is 6. The highest BCUT2D eigenvalue weighted by Gasteiger charge is 2.56. The second-order valence-corrected chi connectivity index (χ2v) is 44.2. The summed E-state index contributed by atoms with van der Waals surface area (Å²) in [5.41, 5.74) is 7.42. The number of amides is 2. The van der Waals surface area contributed by atoms with Crippen molar-refractivity contribution in [3.63, 3.8) is 0 Å². The summed E-state index contributed by atoms with van der Waals surface area (Å²) in [5, 5.41) is 60.7. The van der Waals surface area contributed by atoms with Gasteiger partial charge in [-0.05, 0) is 214 Å². The zero-order chi connectivity index (χ0) is 106. The van der Waals surface area contributed by atoms with Crippen LogP contribution in [-0.2, 0) is 104 Å². The minimum atomic E-state index is -2.43. The molecule has 33 heteroatoms. The highest BCUT2D eigenvalue weighted by Crippen LogP contribution is 2.42. The standard InChI is InChI=1S/C53H84N2O13P.C51H79NO13.C2H7NOP.C2H6/c1-32-17-13-12-14-18-33(2)44(64-8)29-40-22-20-38(7)53(62,68-40)50(59)51(60)55-24-16-15-19-42(55)52(61)67-45(35(4)27-39-21-23-41(46(28-39)65-9)54-31-69(11)63)30-43(56)34(3)26-37(6)48(58)49(66-10)47(57)36(5)25-32;1-30-16-12-11-13-17-31(2)42(61-8)28-38-21-19-36(7)51(60,65-38)48(57)49(58)52-23-15-14-18-39(52)50(59)64-43(33(4)26-37-20-22-40(53)44(27-37)62-9)29-41(54)32(3)25-35(6)46(56)47(63-10)45(55)34(5)24-30;1-5(4)2-3;1-2/h12-14,17-18,26,32,34-36,38-42,44-46,48-49,54,58,62H,15-16,19-25,27-31H2,1-11H3;11-13,16-17,25,30,32-34,36-40,42-44,46-47,53,56,60H,14-15,18-24,26-29H2,1-10H3;2-3H2,1H3;1-2H3/q+1;;+1;/b14-12?,17-13+,33-18?,37-26+;13-11?,16-12+,31-17?,35-25+;;/t32-,34-,35-,36-,38-,39+,40+,41?,42?,44+,45+,46-,48-,49+,53-;30-,32-,33-,34-,36-,37+,38+,39?,40?,42+,43+,44-,46-,47+,51-;;/m11../s1. The highest BCUT2D eigenvalue weighted by molar-refractivity contribution is 7.43. The van der Waals surface area contributed by atoms with Crippen LogP contribution in [-0.4, -0.2) is 284 Å². The number of ketones is 6. The molecule has 6 unspecified atom stereocenters. The number of methoxy groups -OCH3 is 6. The zero-order valence-electron chi connectivity index (χ0n) is 89.0. The maximum atomic E-state index is 14.5. The van der Waals surface area contributed by atoms with Gasteiger partial charge in [0.2, 0.25) is 11.6 Å². The van der Waals surface area contributed by atoms with Crippen molar-refractivity contribution >= 4 is 74.1 Å². The quantitative estimate of drug-likeness (QED) is 0.0326. The number of allylic oxidation sites excluding steroid dienone is 12. The van der Waals surface area contributed by atoms with Gasteiger partial charge in [0.25, 0.3) is 23.4 Å². The molecule has 8 N–H and O–H groups in total. The molecule has 0 radical (unpaired) electrons. The fourth-order valence-electron chi connectivity index (χ4n) is 20.7. The highest BCUT2D eigenvalue weighted by atomic mass is 31.1. The van der Waals surface area contributed by atoms with Gasteiger partial charge in [0.1, 0.15) is 73.6 Å². The molecule has 2 saturated carbocycles. The van der Waals surface area contributed by atoms with Crippen LogP contribution in [0.3, 0.4) is 0 Å². The number of aliphatic hydroxyl groups is 5. The molecule has 8 rings (SSSR count). The van der Waals surface area contributed by atoms with Crippen molar-refractivity contribution < 1.29 is 130 Å². The van der Waals surface area contributed by atoms with E-state index in [1.807, 2.05) is 130 Å². The van der Waals surface area contributed by atoms with Crippen LogP contribution in [0.1, 0.15) is 265 Å². The van der Waals surface area contributed by atoms with E-state index in [1.165, 1.54) is 24.0 Å². The molecule has 0 aromatic carbocycles. The SMILES string of the molecule is CC.CO[C@H]1C[C@@H]2CC[C@@H](C)[C@@](O)(O2)C(=O)C(=O)N2CCCCC2C(=O)O[C@H]([C@H](C)C[C@@H]2CCC(NC[P+](C)=O)[C@H](OC)C2)CC(=O)[C@H](C)/C=C(\C)[C@@H](O)[C@@H](OC)C(=O)[C@H](C)C[C@H](C)/C=C/C=CC=C1C.CO[C@H]1C[C@@H]2CC[C@@H](C)[C@@](O)(O2)C(=O)C(=O)N2CCCCC2C(=O)O[C@H]([C@H](C)C[C@@H]2CCC(O)[C@H](OC)C2)CC(=O)[C@H](C)/C=C(\C)[C@@H](O)[C@@H](OC)C(=O)[C@H](C)C[C@H](C)/C=C/C=CC=C1C.C[P+](=O)CN. The number of carbonyl (C=O) groups excluding carboxylic acids is 10. The third kappa shape index (κ3) is 37.3. The molecular weight excluding hydrogens is 1850 g/mol. The maximum absolute atomic E-state index is 14.5. The summed E-state index contributed by atoms with van der Waals surface area (Å²) in [6, 6.07) is -2.25. The van der Waals surface area contributed by atoms with Gasteiger partial charge in [-0.2, -0.15) is 0 Å². The summed E-state index contributed by atoms with van der Waals surface area (Å²) in [6.45, 7) is 32.8. The fourth-order valence-corrected chi connectivity index (χ4v) is 21.2. The molecular formula is C108H176N4O27P2+2. The van der Waals surface area contributed by atoms with Gasteiger partial charge < -0.3 is 82.7 Å². The molecule has 0 spiro atoms. The third-order valence-electron chi connectivity index (χ3n) is 29.8. The number of nitrogens with zero attached hydrogens (tertiary/aromatic N) is 2. The van der Waals surface area contributed by atoms with Crippen LogP contribution in [0.4, 0.5) is 0 Å². The number of cyclic esters (lactones) is 2. The largest absolute Gasteiger partial charge is 0.460 e. The van der Waals surface area contributed by atoms with Gasteiger partial charge in [0, 0.05) is 123 Å². The van der Waals surface area contributed by atoms with Gasteiger partial charge in [-0.1, -0.05) is 165 Å². The van der Waals surface area contributed by atoms with E-state index in [2.05, 4.69) is 5.32 Å². The van der Waals surface area contributed by atoms with Crippen LogP contribution in [0.25, 0.3) is 0 Å². The van der Waals surface area contributed by atoms with Crippen molar-refractivity contribution in [2.24, 2.45) is 76.7 Å². The van der Waals surface area contributed by atoms with E-state index in [-0.39, 0.29) is 116 Å². The lowest BCUT2D eigenvalue weighted by Gasteiger charge is -2.42. The molecule has 4 saturated heterocycles. The number of Topliss-reactive ketones (excluding diaryl/α,β-unsaturated/α-hetero) is 6. The molecule has 798 valence electrons. The minimum absolute atomic E-state index is 0.0161. The van der Waals surface area contributed by atoms with E-state index in [0.29, 0.717) is 133 Å². The summed E-state index contributed by atoms with van der Waals surface area (Å²) in [4.78, 5) is 144. The van der Waals surface area contributed by atoms with E-state index < -0.39 is 177 Å². The first kappa shape index (κ1) is 125. The van der Waals surface area contributed by atoms with Gasteiger partial charge in [-0.25, -0.2) is 9.59 Å². The van der Waals surface area contributed by atoms with Crippen LogP contribution < -0.4 is 11.1 Å². The van der Waals surface area contributed by atoms with Crippen molar-refractivity contribution in [2.45, 2.75) is 374 Å². The monoisotopic (exact) mass is 2020 g/mol. The van der Waals surface area contributed by atoms with Crippen LogP contribution in [0.15, 0.2) is 95.2 Å². The first-order valence-corrected chi connectivity index (χ1v) is 55.3. The minimum Gasteiger partial charge on any atom is -0.460 e. The molecule has 0 aromatic heterocycles. The van der Waals surface area contributed by atoms with Gasteiger partial charge in [0.05, 0.1) is 42.7 Å². The maximum Gasteiger partial charge on any atom is 0.350 e. The number of nitrogens with two attached hydrogens (primary N) is 1. The van der Waals surface area contributed by atoms with Crippen molar-refractivity contribution in [2.75, 3.05) is 81.6 Å². The number of esters is 2. The summed E-state index contributed by atoms with van der Waals surface area (Å²) >= 11 is 0. The van der Waals surface area contributed by atoms with E-state index in [4.69, 9.17) is 53.1 Å². The number of hydrogen-bond donors (Lipinski definition) is 7. The molecule has 31 nitrogen and oxygen atoms in total. The molecule has 6 heterocycles. The van der Waals surface area contributed by atoms with Crippen molar-refractivity contribution in [3.05, 3.63) is 95.2 Å². The zero-order valence-corrected chi connectivity index (χ0v) is 90.8. The van der Waals surface area contributed by atoms with Crippen LogP contribution >= 0.6 is 15.6 Å². The number of aliphatic hydroxyl groups excluding tert-OH is 3. The topological polar surface area (TPSA) is 443 Å². The summed E-state index contributed by atoms with van der Waals surface area (Å²) in [7, 11) is 6.70. The summed E-state index contributed by atoms with van der Waals surface area (Å²) in [6.07, 6.45) is 24.4. The molecule has 32 atom stereocenters. The third-order valence-corrected chi connectivity index (χ3v) is 31.0. The number of nitrogens with one attached hydrogen (secondary N) is 1. The fraction of sp³-hybridized carbons (Fsp3) is 0.759. The van der Waals surface area contributed by atoms with E-state index in [9.17, 15) is 82.6 Å². The predicted molar refractivity (Wildman–Crippen MR) is 544 cm³/mol. The molecule has 141 heavy (non-hydrogen) atoms. The molecule has 4 bridgehead atoms. The Balaban J connectivity index is 0.000000467. The molecule has 0 aromatic rings. The second kappa shape index (κ2) is 61.9. The second-order valence-electron chi connectivity index (χ2n) is 41.0. The van der Waals surface area contributed by atoms with Crippen molar-refractivity contribution in [3.8, 4) is 0 Å². The Kier molecular flexibility index (Phi) is 54.8. The Bertz CT molecular complexity index is 4320. The average molecular weight is 2020 g/mol. The lowest BCUT2D eigenvalue weighted by Crippen LogP contribution is -2.61. The first-order valence-electron chi connectivity index (χ1n) is 51.5. The molecule has 8 aliphatic rings. The number of carbonyl (C=O) groups is 10. The number of rotatable bonds is 16. The average Bonchev–Trinajstić information content (AvgIpc) is 0.778. The first-order chi connectivity index (χ1) is 66.7. The molecule has 2 aliphatic carbocycles. The Morgan fingerprint density at radius 3 is 1.22 bits per heavy atom. The Hall–Kier alpha value is -6.58. The van der Waals surface area contributed by atoms with Gasteiger partial charge >= 0.3 is 27.5 Å². The van der Waals surface area contributed by atoms with Crippen molar-refractivity contribution in [1.29, 1.82) is 0 Å². The smallest absolute Gasteiger partial charge is 0.350 e. The van der Waals surface area contributed by atoms with E-state index >= 15 is 0 Å². The van der Waals surface area contributed by atoms with Gasteiger partial charge in [-0.15, -0.1) is 0 Å².